The smallest absolute Gasteiger partial charge is 0.340 e. The Morgan fingerprint density at radius 1 is 1.58 bits per heavy atom. The van der Waals surface area contributed by atoms with Crippen LogP contribution in [0, 0.1) is 11.7 Å². The Kier molecular flexibility index (Phi) is 3.93. The van der Waals surface area contributed by atoms with Gasteiger partial charge in [0.15, 0.2) is 0 Å². The van der Waals surface area contributed by atoms with Gasteiger partial charge in [0.05, 0.1) is 18.4 Å². The molecular formula is C14H19FN2O2. The molecule has 1 aromatic carbocycles. The van der Waals surface area contributed by atoms with E-state index in [0.29, 0.717) is 11.6 Å². The van der Waals surface area contributed by atoms with E-state index in [4.69, 9.17) is 5.73 Å². The fraction of sp³-hybridized carbons (Fsp3) is 0.500. The van der Waals surface area contributed by atoms with E-state index in [1.54, 1.807) is 0 Å². The van der Waals surface area contributed by atoms with Gasteiger partial charge in [-0.3, -0.25) is 0 Å². The number of nitrogens with two attached hydrogens (primary N) is 1. The van der Waals surface area contributed by atoms with Crippen molar-refractivity contribution < 1.29 is 13.9 Å². The highest BCUT2D eigenvalue weighted by Gasteiger charge is 2.25. The summed E-state index contributed by atoms with van der Waals surface area (Å²) in [6.45, 7) is 3.76. The van der Waals surface area contributed by atoms with Crippen molar-refractivity contribution in [2.75, 3.05) is 30.8 Å². The standard InChI is InChI=1S/C14H19FN2O2/c1-3-9-4-5-17(8-9)13-6-10(14(18)19-2)12(16)7-11(13)15/h6-7,9H,3-5,8,16H2,1-2H3. The Balaban J connectivity index is 2.33. The number of rotatable bonds is 3. The van der Waals surface area contributed by atoms with Crippen molar-refractivity contribution in [3.63, 3.8) is 0 Å². The third-order valence-corrected chi connectivity index (χ3v) is 3.73. The normalized spacial score (nSPS) is 18.7. The zero-order valence-electron chi connectivity index (χ0n) is 11.3. The van der Waals surface area contributed by atoms with Gasteiger partial charge in [-0.05, 0) is 24.5 Å². The molecule has 1 atom stereocenters. The number of anilines is 2. The maximum atomic E-state index is 14.0. The molecule has 104 valence electrons. The summed E-state index contributed by atoms with van der Waals surface area (Å²) in [5.74, 6) is -0.342. The van der Waals surface area contributed by atoms with Gasteiger partial charge >= 0.3 is 5.97 Å². The number of nitrogen functional groups attached to an aromatic ring is 1. The molecular weight excluding hydrogens is 247 g/mol. The molecule has 1 fully saturated rings. The highest BCUT2D eigenvalue weighted by atomic mass is 19.1. The molecule has 1 saturated heterocycles. The number of nitrogens with zero attached hydrogens (tertiary/aromatic N) is 1. The molecule has 19 heavy (non-hydrogen) atoms. The summed E-state index contributed by atoms with van der Waals surface area (Å²) < 4.78 is 18.7. The van der Waals surface area contributed by atoms with Gasteiger partial charge in [0.1, 0.15) is 5.82 Å². The molecule has 1 aliphatic heterocycles. The highest BCUT2D eigenvalue weighted by molar-refractivity contribution is 5.96. The molecule has 1 heterocycles. The molecule has 0 aromatic heterocycles. The number of benzene rings is 1. The van der Waals surface area contributed by atoms with Gasteiger partial charge in [-0.2, -0.15) is 0 Å². The zero-order valence-corrected chi connectivity index (χ0v) is 11.3. The number of halogens is 1. The third kappa shape index (κ3) is 2.64. The second kappa shape index (κ2) is 5.47. The van der Waals surface area contributed by atoms with E-state index in [1.165, 1.54) is 19.2 Å². The van der Waals surface area contributed by atoms with Crippen LogP contribution in [0.4, 0.5) is 15.8 Å². The predicted molar refractivity (Wildman–Crippen MR) is 72.8 cm³/mol. The number of hydrogen-bond acceptors (Lipinski definition) is 4. The van der Waals surface area contributed by atoms with Gasteiger partial charge in [0.25, 0.3) is 0 Å². The van der Waals surface area contributed by atoms with Gasteiger partial charge in [-0.25, -0.2) is 9.18 Å². The summed E-state index contributed by atoms with van der Waals surface area (Å²) in [5, 5.41) is 0. The molecule has 0 bridgehead atoms. The van der Waals surface area contributed by atoms with E-state index in [9.17, 15) is 9.18 Å². The number of ether oxygens (including phenoxy) is 1. The van der Waals surface area contributed by atoms with Crippen LogP contribution >= 0.6 is 0 Å². The lowest BCUT2D eigenvalue weighted by Crippen LogP contribution is -2.21. The van der Waals surface area contributed by atoms with Crippen LogP contribution in [0.2, 0.25) is 0 Å². The second-order valence-corrected chi connectivity index (χ2v) is 4.89. The summed E-state index contributed by atoms with van der Waals surface area (Å²) in [6, 6.07) is 2.69. The summed E-state index contributed by atoms with van der Waals surface area (Å²) >= 11 is 0. The Morgan fingerprint density at radius 3 is 2.89 bits per heavy atom. The SMILES string of the molecule is CCC1CCN(c2cc(C(=O)OC)c(N)cc2F)C1. The molecule has 1 unspecified atom stereocenters. The zero-order chi connectivity index (χ0) is 14.0. The first-order valence-corrected chi connectivity index (χ1v) is 6.49. The summed E-state index contributed by atoms with van der Waals surface area (Å²) in [4.78, 5) is 13.6. The minimum Gasteiger partial charge on any atom is -0.465 e. The summed E-state index contributed by atoms with van der Waals surface area (Å²) in [6.07, 6.45) is 2.13. The molecule has 0 amide bonds. The first-order chi connectivity index (χ1) is 9.06. The molecule has 1 aromatic rings. The molecule has 1 aliphatic rings. The minimum atomic E-state index is -0.537. The van der Waals surface area contributed by atoms with Crippen molar-refractivity contribution in [1.82, 2.24) is 0 Å². The van der Waals surface area contributed by atoms with Crippen LogP contribution in [-0.4, -0.2) is 26.2 Å². The van der Waals surface area contributed by atoms with E-state index >= 15 is 0 Å². The van der Waals surface area contributed by atoms with E-state index in [1.807, 2.05) is 4.90 Å². The van der Waals surface area contributed by atoms with Crippen LogP contribution < -0.4 is 10.6 Å². The van der Waals surface area contributed by atoms with Gasteiger partial charge in [-0.1, -0.05) is 13.3 Å². The summed E-state index contributed by atoms with van der Waals surface area (Å²) in [5.41, 5.74) is 6.43. The number of carbonyl (C=O) groups is 1. The first kappa shape index (κ1) is 13.6. The molecule has 4 nitrogen and oxygen atoms in total. The second-order valence-electron chi connectivity index (χ2n) is 4.89. The predicted octanol–water partition coefficient (Wildman–Crippen LogP) is 2.43. The third-order valence-electron chi connectivity index (χ3n) is 3.73. The van der Waals surface area contributed by atoms with Crippen molar-refractivity contribution in [3.8, 4) is 0 Å². The van der Waals surface area contributed by atoms with Gasteiger partial charge < -0.3 is 15.4 Å². The van der Waals surface area contributed by atoms with Crippen LogP contribution in [0.3, 0.4) is 0 Å². The quantitative estimate of drug-likeness (QED) is 0.674. The van der Waals surface area contributed by atoms with Crippen molar-refractivity contribution in [2.24, 2.45) is 5.92 Å². The maximum absolute atomic E-state index is 14.0. The van der Waals surface area contributed by atoms with E-state index in [2.05, 4.69) is 11.7 Å². The van der Waals surface area contributed by atoms with E-state index < -0.39 is 5.97 Å². The Bertz CT molecular complexity index is 491. The molecule has 5 heteroatoms. The number of hydrogen-bond donors (Lipinski definition) is 1. The molecule has 2 rings (SSSR count). The van der Waals surface area contributed by atoms with Crippen LogP contribution in [0.5, 0.6) is 0 Å². The molecule has 0 saturated carbocycles. The van der Waals surface area contributed by atoms with Gasteiger partial charge in [0.2, 0.25) is 0 Å². The average Bonchev–Trinajstić information content (AvgIpc) is 2.86. The summed E-state index contributed by atoms with van der Waals surface area (Å²) in [7, 11) is 1.29. The number of methoxy groups -OCH3 is 1. The lowest BCUT2D eigenvalue weighted by molar-refractivity contribution is 0.0602. The fourth-order valence-corrected chi connectivity index (χ4v) is 2.49. The van der Waals surface area contributed by atoms with Gasteiger partial charge in [-0.15, -0.1) is 0 Å². The monoisotopic (exact) mass is 266 g/mol. The van der Waals surface area contributed by atoms with Crippen molar-refractivity contribution in [1.29, 1.82) is 0 Å². The van der Waals surface area contributed by atoms with Crippen LogP contribution in [0.1, 0.15) is 30.1 Å². The van der Waals surface area contributed by atoms with Crippen molar-refractivity contribution in [2.45, 2.75) is 19.8 Å². The van der Waals surface area contributed by atoms with E-state index in [0.717, 1.165) is 25.9 Å². The molecule has 0 radical (unpaired) electrons. The Labute approximate surface area is 112 Å². The lowest BCUT2D eigenvalue weighted by atomic mass is 10.1. The van der Waals surface area contributed by atoms with Crippen LogP contribution in [0.25, 0.3) is 0 Å². The Morgan fingerprint density at radius 2 is 2.32 bits per heavy atom. The van der Waals surface area contributed by atoms with Crippen LogP contribution in [0.15, 0.2) is 12.1 Å². The number of esters is 1. The lowest BCUT2D eigenvalue weighted by Gasteiger charge is -2.20. The minimum absolute atomic E-state index is 0.110. The maximum Gasteiger partial charge on any atom is 0.340 e. The molecule has 0 aliphatic carbocycles. The van der Waals surface area contributed by atoms with Crippen LogP contribution in [-0.2, 0) is 4.74 Å². The topological polar surface area (TPSA) is 55.6 Å². The average molecular weight is 266 g/mol. The van der Waals surface area contributed by atoms with E-state index in [-0.39, 0.29) is 17.1 Å². The Hall–Kier alpha value is -1.78. The molecule has 2 N–H and O–H groups in total. The first-order valence-electron chi connectivity index (χ1n) is 6.49. The van der Waals surface area contributed by atoms with Gasteiger partial charge in [0, 0.05) is 18.8 Å². The highest BCUT2D eigenvalue weighted by Crippen LogP contribution is 2.31. The fourth-order valence-electron chi connectivity index (χ4n) is 2.49. The molecule has 0 spiro atoms. The number of carbonyl (C=O) groups excluding carboxylic acids is 1. The van der Waals surface area contributed by atoms with Crippen molar-refractivity contribution >= 4 is 17.3 Å². The van der Waals surface area contributed by atoms with Crippen molar-refractivity contribution in [3.05, 3.63) is 23.5 Å². The largest absolute Gasteiger partial charge is 0.465 e.